The molecule has 5 nitrogen and oxygen atoms in total. The molecule has 31 heavy (non-hydrogen) atoms. The molecule has 2 aromatic rings. The van der Waals surface area contributed by atoms with Gasteiger partial charge in [-0.1, -0.05) is 17.7 Å². The maximum absolute atomic E-state index is 14.1. The molecule has 1 aliphatic heterocycles. The van der Waals surface area contributed by atoms with Gasteiger partial charge in [0.15, 0.2) is 11.5 Å². The molecule has 1 N–H and O–H groups in total. The van der Waals surface area contributed by atoms with Crippen LogP contribution in [0, 0.1) is 5.82 Å². The summed E-state index contributed by atoms with van der Waals surface area (Å²) in [4.78, 5) is 13.6. The third-order valence-electron chi connectivity index (χ3n) is 5.07. The smallest absolute Gasteiger partial charge is 0.222 e. The fraction of sp³-hybridized carbons (Fsp3) is 0.435. The van der Waals surface area contributed by atoms with Crippen molar-refractivity contribution in [1.82, 2.24) is 10.2 Å². The number of ether oxygens (including phenoxy) is 2. The summed E-state index contributed by atoms with van der Waals surface area (Å²) in [6.07, 6.45) is 2.56. The Morgan fingerprint density at radius 2 is 2.13 bits per heavy atom. The fourth-order valence-corrected chi connectivity index (χ4v) is 4.33. The fourth-order valence-electron chi connectivity index (χ4n) is 3.51. The topological polar surface area (TPSA) is 50.8 Å². The van der Waals surface area contributed by atoms with Crippen molar-refractivity contribution in [1.29, 1.82) is 0 Å². The zero-order valence-corrected chi connectivity index (χ0v) is 19.9. The minimum atomic E-state index is -0.405. The molecule has 0 atom stereocenters. The van der Waals surface area contributed by atoms with Gasteiger partial charge >= 0.3 is 0 Å². The number of likely N-dealkylation sites (tertiary alicyclic amines) is 1. The van der Waals surface area contributed by atoms with Crippen LogP contribution in [-0.2, 0) is 17.9 Å². The Morgan fingerprint density at radius 1 is 1.29 bits per heavy atom. The number of nitrogens with one attached hydrogen (secondary N) is 1. The van der Waals surface area contributed by atoms with Crippen LogP contribution in [0.3, 0.4) is 0 Å². The molecule has 0 bridgehead atoms. The highest BCUT2D eigenvalue weighted by molar-refractivity contribution is 9.10. The lowest BCUT2D eigenvalue weighted by Crippen LogP contribution is -2.28. The van der Waals surface area contributed by atoms with E-state index < -0.39 is 5.82 Å². The molecule has 0 aromatic heterocycles. The second-order valence-electron chi connectivity index (χ2n) is 7.34. The number of rotatable bonds is 11. The normalized spacial score (nSPS) is 13.7. The molecule has 1 amide bonds. The second kappa shape index (κ2) is 11.7. The van der Waals surface area contributed by atoms with Gasteiger partial charge in [0.1, 0.15) is 12.4 Å². The van der Waals surface area contributed by atoms with Crippen LogP contribution >= 0.6 is 27.5 Å². The van der Waals surface area contributed by atoms with Gasteiger partial charge in [0.2, 0.25) is 5.91 Å². The highest BCUT2D eigenvalue weighted by Crippen LogP contribution is 2.38. The number of amides is 1. The average Bonchev–Trinajstić information content (AvgIpc) is 3.14. The molecule has 0 radical (unpaired) electrons. The predicted molar refractivity (Wildman–Crippen MR) is 123 cm³/mol. The molecule has 0 aliphatic carbocycles. The standard InChI is InChI=1S/C23H27BrClFN2O3/c1-2-30-21-13-16(14-27-9-5-11-28-10-4-8-22(28)29)12-18(24)23(21)31-15-17-19(25)6-3-7-20(17)26/h3,6-7,12-13,27H,2,4-5,8-11,14-15H2,1H3. The number of halogens is 3. The van der Waals surface area contributed by atoms with Crippen molar-refractivity contribution in [3.05, 3.63) is 56.8 Å². The van der Waals surface area contributed by atoms with E-state index in [0.717, 1.165) is 42.5 Å². The number of benzene rings is 2. The summed E-state index contributed by atoms with van der Waals surface area (Å²) in [6, 6.07) is 8.43. The van der Waals surface area contributed by atoms with Crippen LogP contribution in [0.4, 0.5) is 4.39 Å². The Labute approximate surface area is 196 Å². The molecule has 1 heterocycles. The summed E-state index contributed by atoms with van der Waals surface area (Å²) in [5, 5.41) is 3.73. The molecule has 2 aromatic carbocycles. The summed E-state index contributed by atoms with van der Waals surface area (Å²) in [6.45, 7) is 5.52. The van der Waals surface area contributed by atoms with Crippen LogP contribution in [0.15, 0.2) is 34.8 Å². The van der Waals surface area contributed by atoms with Crippen LogP contribution in [0.5, 0.6) is 11.5 Å². The molecule has 0 saturated carbocycles. The third kappa shape index (κ3) is 6.57. The number of carbonyl (C=O) groups excluding carboxylic acids is 1. The molecule has 1 fully saturated rings. The lowest BCUT2D eigenvalue weighted by molar-refractivity contribution is -0.127. The van der Waals surface area contributed by atoms with Gasteiger partial charge in [-0.15, -0.1) is 0 Å². The molecular formula is C23H27BrClFN2O3. The van der Waals surface area contributed by atoms with Gasteiger partial charge in [0.25, 0.3) is 0 Å². The van der Waals surface area contributed by atoms with E-state index >= 15 is 0 Å². The van der Waals surface area contributed by atoms with Crippen LogP contribution < -0.4 is 14.8 Å². The molecule has 1 saturated heterocycles. The van der Waals surface area contributed by atoms with E-state index in [0.29, 0.717) is 41.7 Å². The van der Waals surface area contributed by atoms with Gasteiger partial charge in [0, 0.05) is 31.6 Å². The summed E-state index contributed by atoms with van der Waals surface area (Å²) < 4.78 is 26.4. The summed E-state index contributed by atoms with van der Waals surface area (Å²) >= 11 is 9.65. The Kier molecular flexibility index (Phi) is 8.99. The minimum Gasteiger partial charge on any atom is -0.490 e. The molecule has 0 unspecified atom stereocenters. The van der Waals surface area contributed by atoms with Crippen molar-refractivity contribution < 1.29 is 18.7 Å². The monoisotopic (exact) mass is 512 g/mol. The van der Waals surface area contributed by atoms with Gasteiger partial charge in [0.05, 0.1) is 16.1 Å². The Bertz CT molecular complexity index is 892. The molecule has 3 rings (SSSR count). The zero-order chi connectivity index (χ0) is 22.2. The first-order valence-corrected chi connectivity index (χ1v) is 11.7. The van der Waals surface area contributed by atoms with E-state index in [4.69, 9.17) is 21.1 Å². The highest BCUT2D eigenvalue weighted by atomic mass is 79.9. The van der Waals surface area contributed by atoms with Gasteiger partial charge in [-0.25, -0.2) is 4.39 Å². The first-order chi connectivity index (χ1) is 15.0. The van der Waals surface area contributed by atoms with E-state index in [2.05, 4.69) is 21.2 Å². The Hall–Kier alpha value is -1.83. The number of carbonyl (C=O) groups is 1. The van der Waals surface area contributed by atoms with Gasteiger partial charge in [-0.2, -0.15) is 0 Å². The predicted octanol–water partition coefficient (Wildman–Crippen LogP) is 5.32. The van der Waals surface area contributed by atoms with Crippen molar-refractivity contribution in [3.8, 4) is 11.5 Å². The highest BCUT2D eigenvalue weighted by Gasteiger charge is 2.19. The van der Waals surface area contributed by atoms with Crippen molar-refractivity contribution in [2.75, 3.05) is 26.2 Å². The van der Waals surface area contributed by atoms with Crippen LogP contribution in [0.2, 0.25) is 5.02 Å². The van der Waals surface area contributed by atoms with Crippen molar-refractivity contribution in [3.63, 3.8) is 0 Å². The van der Waals surface area contributed by atoms with E-state index in [-0.39, 0.29) is 12.5 Å². The van der Waals surface area contributed by atoms with E-state index in [1.54, 1.807) is 12.1 Å². The van der Waals surface area contributed by atoms with Crippen LogP contribution in [0.1, 0.15) is 37.3 Å². The first-order valence-electron chi connectivity index (χ1n) is 10.5. The number of hydrogen-bond donors (Lipinski definition) is 1. The van der Waals surface area contributed by atoms with Gasteiger partial charge in [-0.3, -0.25) is 4.79 Å². The third-order valence-corrected chi connectivity index (χ3v) is 6.02. The second-order valence-corrected chi connectivity index (χ2v) is 8.60. The molecular weight excluding hydrogens is 487 g/mol. The quantitative estimate of drug-likeness (QED) is 0.413. The van der Waals surface area contributed by atoms with Crippen molar-refractivity contribution >= 4 is 33.4 Å². The molecule has 0 spiro atoms. The number of hydrogen-bond acceptors (Lipinski definition) is 4. The average molecular weight is 514 g/mol. The minimum absolute atomic E-state index is 0.00298. The molecule has 8 heteroatoms. The van der Waals surface area contributed by atoms with E-state index in [1.807, 2.05) is 24.0 Å². The summed E-state index contributed by atoms with van der Waals surface area (Å²) in [5.74, 6) is 0.955. The number of nitrogens with zero attached hydrogens (tertiary/aromatic N) is 1. The van der Waals surface area contributed by atoms with Crippen molar-refractivity contribution in [2.45, 2.75) is 39.3 Å². The van der Waals surface area contributed by atoms with Gasteiger partial charge < -0.3 is 19.7 Å². The lowest BCUT2D eigenvalue weighted by atomic mass is 10.2. The van der Waals surface area contributed by atoms with Crippen molar-refractivity contribution in [2.24, 2.45) is 0 Å². The summed E-state index contributed by atoms with van der Waals surface area (Å²) in [7, 11) is 0. The van der Waals surface area contributed by atoms with Gasteiger partial charge in [-0.05, 0) is 72.1 Å². The van der Waals surface area contributed by atoms with Crippen LogP contribution in [-0.4, -0.2) is 37.0 Å². The SMILES string of the molecule is CCOc1cc(CNCCCN2CCCC2=O)cc(Br)c1OCc1c(F)cccc1Cl. The maximum atomic E-state index is 14.1. The van der Waals surface area contributed by atoms with E-state index in [9.17, 15) is 9.18 Å². The molecule has 168 valence electrons. The summed E-state index contributed by atoms with van der Waals surface area (Å²) in [5.41, 5.74) is 1.34. The van der Waals surface area contributed by atoms with Crippen LogP contribution in [0.25, 0.3) is 0 Å². The largest absolute Gasteiger partial charge is 0.490 e. The first kappa shape index (κ1) is 23.8. The maximum Gasteiger partial charge on any atom is 0.222 e. The lowest BCUT2D eigenvalue weighted by Gasteiger charge is -2.17. The Balaban J connectivity index is 1.58. The molecule has 1 aliphatic rings. The van der Waals surface area contributed by atoms with E-state index in [1.165, 1.54) is 6.07 Å². The zero-order valence-electron chi connectivity index (χ0n) is 17.6. The Morgan fingerprint density at radius 3 is 2.84 bits per heavy atom.